The van der Waals surface area contributed by atoms with Crippen molar-refractivity contribution >= 4 is 17.6 Å². The van der Waals surface area contributed by atoms with Gasteiger partial charge in [-0.2, -0.15) is 0 Å². The van der Waals surface area contributed by atoms with Crippen molar-refractivity contribution < 1.29 is 71.5 Å². The summed E-state index contributed by atoms with van der Waals surface area (Å²) < 4.78 is 73.4. The molecule has 438 valence electrons. The highest BCUT2D eigenvalue weighted by Gasteiger charge is 2.52. The number of hydrogen-bond donors (Lipinski definition) is 1. The molecule has 0 bridgehead atoms. The standard InChI is InChI=1S/C70H68O15/c1-74-44-19-11-40(12-20-44)34-56-66(67(73)52-30-27-49(79-6)37-61(52)81-8)69(43-17-23-46(76-3)24-18-43)85-70(56)55-38-54(62(82-9)39-63(55)83-10)64(51-29-26-48(78-5)36-60(51)80-7)65-53-33-41(13-31-57(71)50-28-25-47(77-4)35-58(50)72)14-32-59(53)84-68(65)42-15-21-45(75-2)22-16-42/h11-33,35-39,56,64-66,68-70,72H,34H2,1-10H3. The van der Waals surface area contributed by atoms with E-state index in [2.05, 4.69) is 6.07 Å². The molecule has 7 atom stereocenters. The number of rotatable bonds is 23. The van der Waals surface area contributed by atoms with Gasteiger partial charge >= 0.3 is 0 Å². The molecule has 7 unspecified atom stereocenters. The Morgan fingerprint density at radius 2 is 0.988 bits per heavy atom. The van der Waals surface area contributed by atoms with Crippen molar-refractivity contribution in [3.05, 3.63) is 219 Å². The molecule has 0 amide bonds. The summed E-state index contributed by atoms with van der Waals surface area (Å²) in [6.07, 6.45) is 1.29. The maximum Gasteiger partial charge on any atom is 0.189 e. The molecular formula is C70H68O15. The van der Waals surface area contributed by atoms with Crippen LogP contribution in [0.3, 0.4) is 0 Å². The van der Waals surface area contributed by atoms with Crippen molar-refractivity contribution in [2.75, 3.05) is 71.1 Å². The molecule has 1 N–H and O–H groups in total. The summed E-state index contributed by atoms with van der Waals surface area (Å²) in [5, 5.41) is 10.8. The molecule has 0 spiro atoms. The Kier molecular flexibility index (Phi) is 17.9. The zero-order valence-corrected chi connectivity index (χ0v) is 49.1. The van der Waals surface area contributed by atoms with Gasteiger partial charge in [0.05, 0.1) is 100 Å². The fourth-order valence-corrected chi connectivity index (χ4v) is 11.9. The fraction of sp³-hybridized carbons (Fsp3) is 0.257. The molecule has 2 aliphatic heterocycles. The van der Waals surface area contributed by atoms with E-state index in [1.807, 2.05) is 115 Å². The number of carbonyl (C=O) groups excluding carboxylic acids is 2. The number of allylic oxidation sites excluding steroid dienone is 1. The number of phenolic OH excluding ortho intramolecular Hbond substituents is 1. The molecule has 15 heteroatoms. The van der Waals surface area contributed by atoms with E-state index in [0.29, 0.717) is 91.9 Å². The number of ether oxygens (including phenoxy) is 12. The second-order valence-electron chi connectivity index (χ2n) is 20.6. The topological polar surface area (TPSA) is 165 Å². The van der Waals surface area contributed by atoms with Gasteiger partial charge < -0.3 is 61.9 Å². The predicted octanol–water partition coefficient (Wildman–Crippen LogP) is 13.6. The lowest BCUT2D eigenvalue weighted by Crippen LogP contribution is -2.28. The zero-order chi connectivity index (χ0) is 59.9. The van der Waals surface area contributed by atoms with E-state index in [0.717, 1.165) is 27.8 Å². The minimum Gasteiger partial charge on any atom is -0.507 e. The fourth-order valence-electron chi connectivity index (χ4n) is 11.9. The van der Waals surface area contributed by atoms with Crippen LogP contribution >= 0.6 is 0 Å². The molecule has 1 saturated heterocycles. The van der Waals surface area contributed by atoms with Crippen LogP contribution in [-0.4, -0.2) is 87.8 Å². The van der Waals surface area contributed by atoms with Crippen LogP contribution in [0.25, 0.3) is 6.08 Å². The van der Waals surface area contributed by atoms with Crippen LogP contribution in [0.2, 0.25) is 0 Å². The van der Waals surface area contributed by atoms with Crippen LogP contribution in [0.1, 0.15) is 95.4 Å². The number of methoxy groups -OCH3 is 10. The van der Waals surface area contributed by atoms with Gasteiger partial charge in [-0.15, -0.1) is 0 Å². The summed E-state index contributed by atoms with van der Waals surface area (Å²) in [6.45, 7) is 0. The van der Waals surface area contributed by atoms with E-state index in [1.165, 1.54) is 32.4 Å². The van der Waals surface area contributed by atoms with Crippen LogP contribution in [0, 0.1) is 11.8 Å². The SMILES string of the molecule is COc1ccc(CC2C(c3cc(C(c4ccc(OC)cc4OC)C4c5cc(C=CC(=O)c6ccc(OC)cc6O)ccc5OC4c4ccc(OC)cc4)c(OC)cc3OC)OC(c3ccc(OC)cc3)C2C(=O)c2ccc(OC)cc2OC)cc1. The lowest BCUT2D eigenvalue weighted by Gasteiger charge is -2.33. The zero-order valence-electron chi connectivity index (χ0n) is 49.1. The van der Waals surface area contributed by atoms with Crippen molar-refractivity contribution in [3.8, 4) is 69.0 Å². The summed E-state index contributed by atoms with van der Waals surface area (Å²) >= 11 is 0. The third-order valence-corrected chi connectivity index (χ3v) is 16.2. The van der Waals surface area contributed by atoms with Crippen molar-refractivity contribution in [1.82, 2.24) is 0 Å². The molecule has 1 fully saturated rings. The van der Waals surface area contributed by atoms with Crippen LogP contribution in [0.15, 0.2) is 164 Å². The Hall–Kier alpha value is -9.60. The van der Waals surface area contributed by atoms with Crippen LogP contribution in [0.4, 0.5) is 0 Å². The van der Waals surface area contributed by atoms with Crippen molar-refractivity contribution in [2.24, 2.45) is 11.8 Å². The monoisotopic (exact) mass is 1150 g/mol. The van der Waals surface area contributed by atoms with Crippen LogP contribution in [-0.2, 0) is 11.2 Å². The Bertz CT molecular complexity index is 3710. The third kappa shape index (κ3) is 11.9. The summed E-state index contributed by atoms with van der Waals surface area (Å²) in [6, 6.07) is 48.5. The van der Waals surface area contributed by atoms with Gasteiger partial charge in [-0.05, 0) is 120 Å². The molecule has 15 nitrogen and oxygen atoms in total. The normalized spacial score (nSPS) is 18.1. The molecule has 0 aliphatic carbocycles. The maximum atomic E-state index is 15.9. The number of Topliss-reactive ketones (excluding diaryl/α,β-unsaturated/α-hetero) is 1. The van der Waals surface area contributed by atoms with E-state index >= 15 is 4.79 Å². The Morgan fingerprint density at radius 1 is 0.471 bits per heavy atom. The Morgan fingerprint density at radius 3 is 1.56 bits per heavy atom. The number of benzene rings is 8. The average molecular weight is 1150 g/mol. The number of carbonyl (C=O) groups is 2. The molecule has 10 rings (SSSR count). The van der Waals surface area contributed by atoms with Gasteiger partial charge in [0.25, 0.3) is 0 Å². The van der Waals surface area contributed by atoms with Gasteiger partial charge in [0.2, 0.25) is 0 Å². The quantitative estimate of drug-likeness (QED) is 0.0475. The maximum absolute atomic E-state index is 15.9. The third-order valence-electron chi connectivity index (χ3n) is 16.2. The largest absolute Gasteiger partial charge is 0.507 e. The van der Waals surface area contributed by atoms with Gasteiger partial charge in [0.15, 0.2) is 11.6 Å². The lowest BCUT2D eigenvalue weighted by atomic mass is 9.71. The molecule has 0 aromatic heterocycles. The first-order valence-electron chi connectivity index (χ1n) is 27.6. The molecule has 8 aromatic carbocycles. The summed E-state index contributed by atoms with van der Waals surface area (Å²) in [5.41, 5.74) is 6.69. The summed E-state index contributed by atoms with van der Waals surface area (Å²) in [5.74, 6) is 2.61. The average Bonchev–Trinajstić information content (AvgIpc) is 4.13. The van der Waals surface area contributed by atoms with E-state index in [4.69, 9.17) is 56.8 Å². The second kappa shape index (κ2) is 25.9. The molecule has 8 aromatic rings. The lowest BCUT2D eigenvalue weighted by molar-refractivity contribution is 0.0253. The van der Waals surface area contributed by atoms with E-state index < -0.39 is 47.8 Å². The highest BCUT2D eigenvalue weighted by atomic mass is 16.5. The van der Waals surface area contributed by atoms with Crippen molar-refractivity contribution in [3.63, 3.8) is 0 Å². The van der Waals surface area contributed by atoms with Gasteiger partial charge in [-0.1, -0.05) is 54.6 Å². The van der Waals surface area contributed by atoms with E-state index in [-0.39, 0.29) is 17.1 Å². The van der Waals surface area contributed by atoms with E-state index in [1.54, 1.807) is 87.2 Å². The number of fused-ring (bicyclic) bond motifs is 1. The highest BCUT2D eigenvalue weighted by molar-refractivity contribution is 6.08. The van der Waals surface area contributed by atoms with E-state index in [9.17, 15) is 9.90 Å². The number of phenols is 1. The highest BCUT2D eigenvalue weighted by Crippen LogP contribution is 2.60. The molecular weight excluding hydrogens is 1080 g/mol. The summed E-state index contributed by atoms with van der Waals surface area (Å²) in [7, 11) is 15.9. The molecule has 2 aliphatic rings. The van der Waals surface area contributed by atoms with Gasteiger partial charge in [0.1, 0.15) is 75.1 Å². The van der Waals surface area contributed by atoms with Crippen molar-refractivity contribution in [2.45, 2.75) is 36.6 Å². The second-order valence-corrected chi connectivity index (χ2v) is 20.6. The first kappa shape index (κ1) is 58.6. The van der Waals surface area contributed by atoms with Gasteiger partial charge in [-0.25, -0.2) is 0 Å². The van der Waals surface area contributed by atoms with Crippen molar-refractivity contribution in [1.29, 1.82) is 0 Å². The molecule has 0 radical (unpaired) electrons. The molecule has 85 heavy (non-hydrogen) atoms. The molecule has 2 heterocycles. The first-order valence-corrected chi connectivity index (χ1v) is 27.6. The summed E-state index contributed by atoms with van der Waals surface area (Å²) in [4.78, 5) is 29.6. The number of aromatic hydroxyl groups is 1. The van der Waals surface area contributed by atoms with Crippen LogP contribution < -0.4 is 52.1 Å². The smallest absolute Gasteiger partial charge is 0.189 e. The first-order chi connectivity index (χ1) is 41.4. The minimum absolute atomic E-state index is 0.122. The number of ketones is 2. The Balaban J connectivity index is 1.21. The van der Waals surface area contributed by atoms with Gasteiger partial charge in [0, 0.05) is 64.3 Å². The Labute approximate surface area is 495 Å². The number of hydrogen-bond acceptors (Lipinski definition) is 15. The van der Waals surface area contributed by atoms with Crippen LogP contribution in [0.5, 0.6) is 69.0 Å². The minimum atomic E-state index is -0.811. The van der Waals surface area contributed by atoms with Gasteiger partial charge in [-0.3, -0.25) is 9.59 Å². The molecule has 0 saturated carbocycles. The predicted molar refractivity (Wildman–Crippen MR) is 322 cm³/mol.